The first-order chi connectivity index (χ1) is 16.1. The molecule has 8 nitrogen and oxygen atoms in total. The highest BCUT2D eigenvalue weighted by Gasteiger charge is 2.49. The maximum Gasteiger partial charge on any atom is 0.573 e. The molecule has 0 radical (unpaired) electrons. The summed E-state index contributed by atoms with van der Waals surface area (Å²) < 4.78 is 105. The Morgan fingerprint density at radius 2 is 1.63 bits per heavy atom. The molecule has 0 spiro atoms. The number of hydrogen-bond acceptors (Lipinski definition) is 8. The van der Waals surface area contributed by atoms with Crippen molar-refractivity contribution in [2.45, 2.75) is 51.9 Å². The zero-order chi connectivity index (χ0) is 27.4. The summed E-state index contributed by atoms with van der Waals surface area (Å²) in [4.78, 5) is 11.4. The topological polar surface area (TPSA) is 119 Å². The Balaban J connectivity index is 0.000000641. The smallest absolute Gasteiger partial charge is 0.466 e. The van der Waals surface area contributed by atoms with E-state index in [2.05, 4.69) is 8.92 Å². The zero-order valence-electron chi connectivity index (χ0n) is 18.9. The van der Waals surface area contributed by atoms with Crippen LogP contribution in [0.15, 0.2) is 36.1 Å². The van der Waals surface area contributed by atoms with E-state index in [1.54, 1.807) is 6.92 Å². The molecule has 0 aromatic heterocycles. The molecule has 2 rings (SSSR count). The number of alkyl halides is 6. The van der Waals surface area contributed by atoms with Crippen LogP contribution >= 0.6 is 0 Å². The number of carbonyl (C=O) groups is 1. The molecule has 1 aromatic carbocycles. The van der Waals surface area contributed by atoms with E-state index in [0.717, 1.165) is 24.3 Å². The van der Waals surface area contributed by atoms with Crippen LogP contribution in [-0.2, 0) is 23.8 Å². The standard InChI is InChI=1S/C10H13F3O5S.C7H6BF3O3.C2H6/c1-2-17-9(14)7-3-5-8(6-4-7)18-19(15,16)10(11,12)13;9-7(10,11)14-6-3-1-5(2-4-6)8(12)13;1-2/h5,7H,2-4,6H2,1H3;1-4,12-13H;1-2H3. The molecule has 0 saturated carbocycles. The van der Waals surface area contributed by atoms with Gasteiger partial charge in [0.2, 0.25) is 0 Å². The lowest BCUT2D eigenvalue weighted by molar-refractivity contribution is -0.274. The number of rotatable bonds is 6. The van der Waals surface area contributed by atoms with Crippen LogP contribution in [0.3, 0.4) is 0 Å². The van der Waals surface area contributed by atoms with Gasteiger partial charge in [-0.25, -0.2) is 0 Å². The van der Waals surface area contributed by atoms with E-state index < -0.39 is 46.7 Å². The second-order valence-corrected chi connectivity index (χ2v) is 7.91. The highest BCUT2D eigenvalue weighted by molar-refractivity contribution is 7.87. The Morgan fingerprint density at radius 1 is 1.09 bits per heavy atom. The Labute approximate surface area is 198 Å². The number of esters is 1. The molecule has 1 aliphatic rings. The second kappa shape index (κ2) is 14.2. The number of benzene rings is 1. The monoisotopic (exact) mass is 538 g/mol. The zero-order valence-corrected chi connectivity index (χ0v) is 19.7. The van der Waals surface area contributed by atoms with Crippen molar-refractivity contribution in [2.24, 2.45) is 5.92 Å². The molecule has 0 bridgehead atoms. The molecule has 2 N–H and O–H groups in total. The lowest BCUT2D eigenvalue weighted by Crippen LogP contribution is -2.29. The van der Waals surface area contributed by atoms with Crippen LogP contribution in [0.25, 0.3) is 0 Å². The molecule has 0 amide bonds. The Bertz CT molecular complexity index is 915. The molecular weight excluding hydrogens is 513 g/mol. The second-order valence-electron chi connectivity index (χ2n) is 6.37. The number of allylic oxidation sites excluding steroid dienone is 2. The third-order valence-electron chi connectivity index (χ3n) is 3.90. The average molecular weight is 538 g/mol. The van der Waals surface area contributed by atoms with Crippen molar-refractivity contribution < 1.29 is 63.3 Å². The molecule has 200 valence electrons. The lowest BCUT2D eigenvalue weighted by Gasteiger charge is -2.20. The molecule has 1 unspecified atom stereocenters. The van der Waals surface area contributed by atoms with E-state index in [-0.39, 0.29) is 37.1 Å². The first kappa shape index (κ1) is 32.5. The third kappa shape index (κ3) is 12.2. The fourth-order valence-corrected chi connectivity index (χ4v) is 2.92. The molecule has 1 aromatic rings. The number of halogens is 6. The minimum atomic E-state index is -5.63. The summed E-state index contributed by atoms with van der Waals surface area (Å²) in [6, 6.07) is 4.27. The minimum Gasteiger partial charge on any atom is -0.466 e. The van der Waals surface area contributed by atoms with E-state index in [9.17, 15) is 39.6 Å². The Morgan fingerprint density at radius 3 is 2.00 bits per heavy atom. The van der Waals surface area contributed by atoms with Gasteiger partial charge in [0.1, 0.15) is 11.5 Å². The van der Waals surface area contributed by atoms with Gasteiger partial charge in [-0.05, 0) is 43.4 Å². The maximum absolute atomic E-state index is 12.1. The van der Waals surface area contributed by atoms with Gasteiger partial charge in [0.25, 0.3) is 0 Å². The SMILES string of the molecule is CC.CCOC(=O)C1CC=C(OS(=O)(=O)C(F)(F)F)CC1.OB(O)c1ccc(OC(F)(F)F)cc1. The van der Waals surface area contributed by atoms with Gasteiger partial charge in [0.05, 0.1) is 12.5 Å². The number of hydrogen-bond donors (Lipinski definition) is 2. The molecule has 1 aliphatic carbocycles. The summed E-state index contributed by atoms with van der Waals surface area (Å²) >= 11 is 0. The van der Waals surface area contributed by atoms with E-state index in [1.807, 2.05) is 13.8 Å². The van der Waals surface area contributed by atoms with Crippen LogP contribution in [0.1, 0.15) is 40.0 Å². The quantitative estimate of drug-likeness (QED) is 0.186. The van der Waals surface area contributed by atoms with Crippen LogP contribution in [-0.4, -0.2) is 50.0 Å². The van der Waals surface area contributed by atoms with E-state index in [4.69, 9.17) is 14.8 Å². The summed E-state index contributed by atoms with van der Waals surface area (Å²) in [5.74, 6) is -1.61. The van der Waals surface area contributed by atoms with Crippen molar-refractivity contribution in [1.29, 1.82) is 0 Å². The lowest BCUT2D eigenvalue weighted by atomic mass is 9.80. The molecule has 35 heavy (non-hydrogen) atoms. The summed E-state index contributed by atoms with van der Waals surface area (Å²) in [5, 5.41) is 17.3. The number of carbonyl (C=O) groups excluding carboxylic acids is 1. The van der Waals surface area contributed by atoms with Crippen molar-refractivity contribution >= 4 is 28.7 Å². The third-order valence-corrected chi connectivity index (χ3v) is 4.90. The predicted octanol–water partition coefficient (Wildman–Crippen LogP) is 3.39. The Hall–Kier alpha value is -2.46. The summed E-state index contributed by atoms with van der Waals surface area (Å²) in [7, 11) is -7.33. The first-order valence-corrected chi connectivity index (χ1v) is 11.5. The molecule has 0 saturated heterocycles. The largest absolute Gasteiger partial charge is 0.573 e. The van der Waals surface area contributed by atoms with Crippen LogP contribution in [0.5, 0.6) is 5.75 Å². The van der Waals surface area contributed by atoms with Gasteiger partial charge in [0.15, 0.2) is 0 Å². The summed E-state index contributed by atoms with van der Waals surface area (Å²) in [6.07, 6.45) is -3.33. The fourth-order valence-electron chi connectivity index (χ4n) is 2.39. The predicted molar refractivity (Wildman–Crippen MR) is 112 cm³/mol. The van der Waals surface area contributed by atoms with E-state index in [1.165, 1.54) is 6.08 Å². The molecular formula is C19H25BF6O8S. The summed E-state index contributed by atoms with van der Waals surface area (Å²) in [5.41, 5.74) is -5.36. The minimum absolute atomic E-state index is 0.0568. The fraction of sp³-hybridized carbons (Fsp3) is 0.526. The van der Waals surface area contributed by atoms with Crippen LogP contribution in [0.4, 0.5) is 26.3 Å². The van der Waals surface area contributed by atoms with Crippen LogP contribution < -0.4 is 10.2 Å². The summed E-state index contributed by atoms with van der Waals surface area (Å²) in [6.45, 7) is 5.85. The van der Waals surface area contributed by atoms with Gasteiger partial charge in [-0.2, -0.15) is 21.6 Å². The van der Waals surface area contributed by atoms with Gasteiger partial charge in [-0.15, -0.1) is 13.2 Å². The first-order valence-electron chi connectivity index (χ1n) is 10.1. The molecule has 0 aliphatic heterocycles. The average Bonchev–Trinajstić information content (AvgIpc) is 2.74. The van der Waals surface area contributed by atoms with Crippen molar-refractivity contribution in [3.63, 3.8) is 0 Å². The van der Waals surface area contributed by atoms with E-state index >= 15 is 0 Å². The molecule has 0 heterocycles. The van der Waals surface area contributed by atoms with Crippen LogP contribution in [0, 0.1) is 5.92 Å². The van der Waals surface area contributed by atoms with Crippen molar-refractivity contribution in [2.75, 3.05) is 6.61 Å². The normalized spacial score (nSPS) is 15.9. The van der Waals surface area contributed by atoms with Gasteiger partial charge in [-0.1, -0.05) is 26.0 Å². The van der Waals surface area contributed by atoms with Crippen molar-refractivity contribution in [3.05, 3.63) is 36.1 Å². The van der Waals surface area contributed by atoms with Gasteiger partial charge in [-0.3, -0.25) is 4.79 Å². The molecule has 1 atom stereocenters. The Kier molecular flexibility index (Phi) is 13.2. The van der Waals surface area contributed by atoms with E-state index in [0.29, 0.717) is 0 Å². The van der Waals surface area contributed by atoms with Crippen molar-refractivity contribution in [3.8, 4) is 5.75 Å². The van der Waals surface area contributed by atoms with Gasteiger partial charge >= 0.3 is 35.1 Å². The van der Waals surface area contributed by atoms with Crippen LogP contribution in [0.2, 0.25) is 0 Å². The highest BCUT2D eigenvalue weighted by atomic mass is 32.2. The number of ether oxygens (including phenoxy) is 2. The molecule has 16 heteroatoms. The highest BCUT2D eigenvalue weighted by Crippen LogP contribution is 2.31. The van der Waals surface area contributed by atoms with Gasteiger partial charge < -0.3 is 23.7 Å². The maximum atomic E-state index is 12.1. The molecule has 0 fully saturated rings. The van der Waals surface area contributed by atoms with Gasteiger partial charge in [0, 0.05) is 6.42 Å². The van der Waals surface area contributed by atoms with Crippen molar-refractivity contribution in [1.82, 2.24) is 0 Å².